The first kappa shape index (κ1) is 20.2. The van der Waals surface area contributed by atoms with Crippen molar-refractivity contribution in [3.05, 3.63) is 76.2 Å². The zero-order valence-electron chi connectivity index (χ0n) is 15.8. The topological polar surface area (TPSA) is 113 Å². The van der Waals surface area contributed by atoms with Crippen molar-refractivity contribution < 1.29 is 14.3 Å². The molecule has 1 heterocycles. The number of benzene rings is 2. The normalized spacial score (nSPS) is 10.6. The molecule has 0 fully saturated rings. The summed E-state index contributed by atoms with van der Waals surface area (Å²) >= 11 is 0. The summed E-state index contributed by atoms with van der Waals surface area (Å²) < 4.78 is 5.53. The Kier molecular flexibility index (Phi) is 7.07. The van der Waals surface area contributed by atoms with Crippen molar-refractivity contribution in [2.24, 2.45) is 0 Å². The summed E-state index contributed by atoms with van der Waals surface area (Å²) in [6, 6.07) is 16.7. The van der Waals surface area contributed by atoms with E-state index in [2.05, 4.69) is 21.0 Å². The summed E-state index contributed by atoms with van der Waals surface area (Å²) in [7, 11) is 0. The smallest absolute Gasteiger partial charge is 0.290 e. The fourth-order valence-electron chi connectivity index (χ4n) is 2.81. The number of hydrogen-bond acceptors (Lipinski definition) is 5. The maximum atomic E-state index is 12.3. The van der Waals surface area contributed by atoms with E-state index in [1.807, 2.05) is 30.3 Å². The second-order valence-electron chi connectivity index (χ2n) is 6.40. The van der Waals surface area contributed by atoms with Crippen LogP contribution in [0.2, 0.25) is 0 Å². The van der Waals surface area contributed by atoms with Gasteiger partial charge in [-0.2, -0.15) is 5.10 Å². The molecule has 0 saturated carbocycles. The average molecular weight is 394 g/mol. The van der Waals surface area contributed by atoms with Gasteiger partial charge in [0.05, 0.1) is 12.0 Å². The first-order valence-electron chi connectivity index (χ1n) is 9.33. The van der Waals surface area contributed by atoms with Crippen LogP contribution in [-0.2, 0) is 16.0 Å². The standard InChI is InChI=1S/C21H22N4O4/c26-18(11-6-13-29-14-12-15-7-2-1-3-8-15)22-25-21(28)19-16-9-4-5-10-17(16)20(27)24-23-19/h1-5,7-10H,6,11-14H2,(H,22,26)(H,24,27)(H,25,28). The van der Waals surface area contributed by atoms with Gasteiger partial charge in [0.1, 0.15) is 0 Å². The summed E-state index contributed by atoms with van der Waals surface area (Å²) in [5.41, 5.74) is 5.53. The molecule has 150 valence electrons. The third kappa shape index (κ3) is 5.73. The third-order valence-electron chi connectivity index (χ3n) is 4.30. The van der Waals surface area contributed by atoms with Crippen LogP contribution in [0.15, 0.2) is 59.4 Å². The molecule has 3 aromatic rings. The zero-order valence-corrected chi connectivity index (χ0v) is 15.8. The number of H-pyrrole nitrogens is 1. The number of hydrogen-bond donors (Lipinski definition) is 3. The van der Waals surface area contributed by atoms with Crippen molar-refractivity contribution in [1.29, 1.82) is 0 Å². The average Bonchev–Trinajstić information content (AvgIpc) is 2.75. The van der Waals surface area contributed by atoms with Gasteiger partial charge in [-0.3, -0.25) is 25.2 Å². The first-order valence-corrected chi connectivity index (χ1v) is 9.33. The molecule has 0 bridgehead atoms. The molecule has 1 aromatic heterocycles. The van der Waals surface area contributed by atoms with E-state index in [1.54, 1.807) is 24.3 Å². The number of fused-ring (bicyclic) bond motifs is 1. The van der Waals surface area contributed by atoms with Gasteiger partial charge in [-0.15, -0.1) is 0 Å². The van der Waals surface area contributed by atoms with Crippen molar-refractivity contribution in [3.63, 3.8) is 0 Å². The minimum atomic E-state index is -0.607. The Labute approximate surface area is 167 Å². The van der Waals surface area contributed by atoms with E-state index >= 15 is 0 Å². The Bertz CT molecular complexity index is 1030. The van der Waals surface area contributed by atoms with Crippen LogP contribution in [0.25, 0.3) is 10.8 Å². The van der Waals surface area contributed by atoms with E-state index in [4.69, 9.17) is 4.74 Å². The Morgan fingerprint density at radius 2 is 1.66 bits per heavy atom. The molecule has 2 aromatic carbocycles. The number of carbonyl (C=O) groups is 2. The molecule has 0 radical (unpaired) electrons. The van der Waals surface area contributed by atoms with Gasteiger partial charge in [-0.25, -0.2) is 5.10 Å². The number of amides is 2. The molecular formula is C21H22N4O4. The minimum Gasteiger partial charge on any atom is -0.381 e. The molecule has 0 aliphatic rings. The van der Waals surface area contributed by atoms with Gasteiger partial charge in [0.2, 0.25) is 5.91 Å². The highest BCUT2D eigenvalue weighted by Crippen LogP contribution is 2.11. The molecule has 3 N–H and O–H groups in total. The van der Waals surface area contributed by atoms with E-state index in [0.29, 0.717) is 30.4 Å². The van der Waals surface area contributed by atoms with Crippen LogP contribution in [0, 0.1) is 0 Å². The van der Waals surface area contributed by atoms with Gasteiger partial charge >= 0.3 is 0 Å². The monoisotopic (exact) mass is 394 g/mol. The number of aromatic nitrogens is 2. The van der Waals surface area contributed by atoms with Crippen molar-refractivity contribution in [2.75, 3.05) is 13.2 Å². The molecule has 29 heavy (non-hydrogen) atoms. The van der Waals surface area contributed by atoms with Crippen LogP contribution in [0.4, 0.5) is 0 Å². The summed E-state index contributed by atoms with van der Waals surface area (Å²) in [4.78, 5) is 35.9. The highest BCUT2D eigenvalue weighted by Gasteiger charge is 2.14. The predicted molar refractivity (Wildman–Crippen MR) is 108 cm³/mol. The lowest BCUT2D eigenvalue weighted by Crippen LogP contribution is -2.42. The Balaban J connectivity index is 1.38. The molecule has 8 nitrogen and oxygen atoms in total. The highest BCUT2D eigenvalue weighted by atomic mass is 16.5. The van der Waals surface area contributed by atoms with E-state index in [-0.39, 0.29) is 23.6 Å². The van der Waals surface area contributed by atoms with Crippen LogP contribution >= 0.6 is 0 Å². The lowest BCUT2D eigenvalue weighted by Gasteiger charge is -2.08. The summed E-state index contributed by atoms with van der Waals surface area (Å²) in [5.74, 6) is -0.941. The number of aromatic amines is 1. The second kappa shape index (κ2) is 10.1. The van der Waals surface area contributed by atoms with Crippen LogP contribution in [-0.4, -0.2) is 35.2 Å². The van der Waals surface area contributed by atoms with E-state index in [1.165, 1.54) is 5.56 Å². The summed E-state index contributed by atoms with van der Waals surface area (Å²) in [5, 5.41) is 6.83. The number of nitrogens with zero attached hydrogens (tertiary/aromatic N) is 1. The molecule has 8 heteroatoms. The van der Waals surface area contributed by atoms with Crippen molar-refractivity contribution in [2.45, 2.75) is 19.3 Å². The number of ether oxygens (including phenoxy) is 1. The van der Waals surface area contributed by atoms with Crippen LogP contribution in [0.1, 0.15) is 28.9 Å². The van der Waals surface area contributed by atoms with Crippen LogP contribution in [0.5, 0.6) is 0 Å². The van der Waals surface area contributed by atoms with Gasteiger partial charge < -0.3 is 4.74 Å². The molecule has 0 aliphatic carbocycles. The van der Waals surface area contributed by atoms with Crippen LogP contribution in [0.3, 0.4) is 0 Å². The highest BCUT2D eigenvalue weighted by molar-refractivity contribution is 6.05. The summed E-state index contributed by atoms with van der Waals surface area (Å²) in [6.07, 6.45) is 1.57. The van der Waals surface area contributed by atoms with E-state index in [0.717, 1.165) is 6.42 Å². The SMILES string of the molecule is O=C(CCCOCCc1ccccc1)NNC(=O)c1n[nH]c(=O)c2ccccc12. The number of hydrazine groups is 1. The largest absolute Gasteiger partial charge is 0.381 e. The molecule has 3 rings (SSSR count). The molecule has 2 amide bonds. The Morgan fingerprint density at radius 3 is 2.45 bits per heavy atom. The summed E-state index contributed by atoms with van der Waals surface area (Å²) in [6.45, 7) is 1.05. The first-order chi connectivity index (χ1) is 14.1. The van der Waals surface area contributed by atoms with Gasteiger partial charge in [-0.1, -0.05) is 48.5 Å². The molecule has 0 spiro atoms. The van der Waals surface area contributed by atoms with Crippen molar-refractivity contribution in [3.8, 4) is 0 Å². The molecule has 0 atom stereocenters. The van der Waals surface area contributed by atoms with Crippen LogP contribution < -0.4 is 16.4 Å². The second-order valence-corrected chi connectivity index (χ2v) is 6.40. The minimum absolute atomic E-state index is 0.0322. The van der Waals surface area contributed by atoms with E-state index < -0.39 is 5.91 Å². The van der Waals surface area contributed by atoms with Gasteiger partial charge in [0.15, 0.2) is 5.69 Å². The Morgan fingerprint density at radius 1 is 0.931 bits per heavy atom. The number of nitrogens with one attached hydrogen (secondary N) is 3. The number of rotatable bonds is 8. The van der Waals surface area contributed by atoms with Gasteiger partial charge in [0.25, 0.3) is 11.5 Å². The quantitative estimate of drug-likeness (QED) is 0.398. The maximum Gasteiger partial charge on any atom is 0.290 e. The Hall–Kier alpha value is -3.52. The molecule has 0 aliphatic heterocycles. The van der Waals surface area contributed by atoms with E-state index in [9.17, 15) is 14.4 Å². The maximum absolute atomic E-state index is 12.3. The molecule has 0 unspecified atom stereocenters. The zero-order chi connectivity index (χ0) is 20.5. The van der Waals surface area contributed by atoms with Crippen molar-refractivity contribution in [1.82, 2.24) is 21.0 Å². The third-order valence-corrected chi connectivity index (χ3v) is 4.30. The molecule has 0 saturated heterocycles. The van der Waals surface area contributed by atoms with Gasteiger partial charge in [0, 0.05) is 18.4 Å². The fourth-order valence-corrected chi connectivity index (χ4v) is 2.81. The van der Waals surface area contributed by atoms with Crippen molar-refractivity contribution >= 4 is 22.6 Å². The predicted octanol–water partition coefficient (Wildman–Crippen LogP) is 1.72. The van der Waals surface area contributed by atoms with Gasteiger partial charge in [-0.05, 0) is 24.5 Å². The lowest BCUT2D eigenvalue weighted by atomic mass is 10.1. The molecular weight excluding hydrogens is 372 g/mol. The number of carbonyl (C=O) groups excluding carboxylic acids is 2. The lowest BCUT2D eigenvalue weighted by molar-refractivity contribution is -0.122. The fraction of sp³-hybridized carbons (Fsp3) is 0.238.